The van der Waals surface area contributed by atoms with E-state index in [-0.39, 0.29) is 12.1 Å². The highest BCUT2D eigenvalue weighted by Crippen LogP contribution is 2.61. The molecule has 2 atom stereocenters. The number of nitrogens with one attached hydrogen (secondary N) is 1. The lowest BCUT2D eigenvalue weighted by atomic mass is 9.63. The van der Waals surface area contributed by atoms with E-state index in [1.807, 2.05) is 0 Å². The number of aliphatic imine (C=N–C) groups is 1. The summed E-state index contributed by atoms with van der Waals surface area (Å²) in [6, 6.07) is 61.4. The fourth-order valence-corrected chi connectivity index (χ4v) is 9.37. The van der Waals surface area contributed by atoms with Crippen LogP contribution in [0.15, 0.2) is 199 Å². The molecule has 3 nitrogen and oxygen atoms in total. The first-order valence-electron chi connectivity index (χ1n) is 18.8. The Labute approximate surface area is 315 Å². The monoisotopic (exact) mass is 692 g/mol. The lowest BCUT2D eigenvalue weighted by molar-refractivity contribution is 0.205. The van der Waals surface area contributed by atoms with Gasteiger partial charge in [-0.15, -0.1) is 0 Å². The summed E-state index contributed by atoms with van der Waals surface area (Å²) in [4.78, 5) is 5.16. The quantitative estimate of drug-likeness (QED) is 0.199. The fourth-order valence-electron chi connectivity index (χ4n) is 9.37. The van der Waals surface area contributed by atoms with Gasteiger partial charge >= 0.3 is 0 Å². The third kappa shape index (κ3) is 4.58. The largest absolute Gasteiger partial charge is 0.485 e. The molecule has 7 aromatic rings. The molecule has 2 aliphatic carbocycles. The second kappa shape index (κ2) is 12.2. The SMILES string of the molecule is C1=CCC2Oc3ccc(-c4ccc(-c5ccccc5C5=Nc6ccccc6C(c6ccccc6)N5)cc4)cc3C3(C2=C1)c1ccccc1-c1ccccc13. The van der Waals surface area contributed by atoms with E-state index < -0.39 is 5.41 Å². The van der Waals surface area contributed by atoms with Crippen molar-refractivity contribution in [3.05, 3.63) is 227 Å². The van der Waals surface area contributed by atoms with Gasteiger partial charge in [-0.1, -0.05) is 170 Å². The first-order chi connectivity index (χ1) is 26.8. The van der Waals surface area contributed by atoms with Gasteiger partial charge in [0, 0.05) is 23.1 Å². The van der Waals surface area contributed by atoms with Crippen LogP contribution in [0.1, 0.15) is 45.8 Å². The molecule has 1 spiro atoms. The Hall–Kier alpha value is -6.71. The summed E-state index contributed by atoms with van der Waals surface area (Å²) in [5.41, 5.74) is 16.5. The maximum atomic E-state index is 6.81. The Bertz CT molecular complexity index is 2660. The van der Waals surface area contributed by atoms with E-state index in [0.717, 1.165) is 40.4 Å². The second-order valence-electron chi connectivity index (χ2n) is 14.6. The molecule has 0 bridgehead atoms. The van der Waals surface area contributed by atoms with Gasteiger partial charge in [0.2, 0.25) is 0 Å². The van der Waals surface area contributed by atoms with Crippen LogP contribution in [0.4, 0.5) is 5.69 Å². The number of amidine groups is 1. The minimum absolute atomic E-state index is 0.00776. The Morgan fingerprint density at radius 1 is 0.556 bits per heavy atom. The van der Waals surface area contributed by atoms with E-state index >= 15 is 0 Å². The van der Waals surface area contributed by atoms with Crippen molar-refractivity contribution >= 4 is 11.5 Å². The Kier molecular flexibility index (Phi) is 6.96. The topological polar surface area (TPSA) is 33.6 Å². The molecular formula is C51H36N2O. The van der Waals surface area contributed by atoms with Crippen LogP contribution in [-0.2, 0) is 5.41 Å². The zero-order valence-electron chi connectivity index (χ0n) is 29.6. The van der Waals surface area contributed by atoms with Crippen LogP contribution in [-0.4, -0.2) is 11.9 Å². The van der Waals surface area contributed by atoms with E-state index in [1.165, 1.54) is 55.6 Å². The smallest absolute Gasteiger partial charge is 0.135 e. The number of benzene rings is 7. The third-order valence-corrected chi connectivity index (χ3v) is 11.8. The van der Waals surface area contributed by atoms with Crippen molar-refractivity contribution in [3.8, 4) is 39.1 Å². The molecular weight excluding hydrogens is 657 g/mol. The predicted octanol–water partition coefficient (Wildman–Crippen LogP) is 11.8. The zero-order chi connectivity index (χ0) is 35.6. The zero-order valence-corrected chi connectivity index (χ0v) is 29.6. The fraction of sp³-hybridized carbons (Fsp3) is 0.0784. The number of hydrogen-bond acceptors (Lipinski definition) is 3. The third-order valence-electron chi connectivity index (χ3n) is 11.8. The van der Waals surface area contributed by atoms with Crippen LogP contribution in [0.3, 0.4) is 0 Å². The molecule has 2 heterocycles. The number of rotatable bonds is 4. The summed E-state index contributed by atoms with van der Waals surface area (Å²) in [5, 5.41) is 3.81. The molecule has 0 aromatic heterocycles. The van der Waals surface area contributed by atoms with Crippen LogP contribution in [0.2, 0.25) is 0 Å². The summed E-state index contributed by atoms with van der Waals surface area (Å²) < 4.78 is 6.81. The highest BCUT2D eigenvalue weighted by atomic mass is 16.5. The lowest BCUT2D eigenvalue weighted by Gasteiger charge is -2.45. The average Bonchev–Trinajstić information content (AvgIpc) is 3.54. The maximum absolute atomic E-state index is 6.81. The molecule has 0 radical (unpaired) electrons. The van der Waals surface area contributed by atoms with Gasteiger partial charge < -0.3 is 10.1 Å². The van der Waals surface area contributed by atoms with Crippen LogP contribution in [0.25, 0.3) is 33.4 Å². The molecule has 7 aromatic carbocycles. The van der Waals surface area contributed by atoms with Crippen molar-refractivity contribution < 1.29 is 4.74 Å². The van der Waals surface area contributed by atoms with Crippen molar-refractivity contribution in [2.24, 2.45) is 4.99 Å². The molecule has 4 aliphatic rings. The molecule has 0 saturated heterocycles. The minimum Gasteiger partial charge on any atom is -0.485 e. The van der Waals surface area contributed by atoms with Gasteiger partial charge in [0.15, 0.2) is 0 Å². The van der Waals surface area contributed by atoms with Crippen LogP contribution in [0.5, 0.6) is 5.75 Å². The van der Waals surface area contributed by atoms with Crippen molar-refractivity contribution in [1.29, 1.82) is 0 Å². The van der Waals surface area contributed by atoms with Crippen molar-refractivity contribution in [2.45, 2.75) is 24.0 Å². The highest BCUT2D eigenvalue weighted by molar-refractivity contribution is 6.07. The Morgan fingerprint density at radius 3 is 1.96 bits per heavy atom. The number of fused-ring (bicyclic) bond motifs is 10. The van der Waals surface area contributed by atoms with Crippen molar-refractivity contribution in [3.63, 3.8) is 0 Å². The van der Waals surface area contributed by atoms with Gasteiger partial charge in [0.25, 0.3) is 0 Å². The number of ether oxygens (including phenoxy) is 1. The summed E-state index contributed by atoms with van der Waals surface area (Å²) >= 11 is 0. The lowest BCUT2D eigenvalue weighted by Crippen LogP contribution is -2.42. The van der Waals surface area contributed by atoms with E-state index in [1.54, 1.807) is 0 Å². The van der Waals surface area contributed by atoms with Gasteiger partial charge in [-0.2, -0.15) is 0 Å². The van der Waals surface area contributed by atoms with E-state index in [2.05, 4.69) is 193 Å². The second-order valence-corrected chi connectivity index (χ2v) is 14.6. The van der Waals surface area contributed by atoms with Gasteiger partial charge in [0.05, 0.1) is 17.1 Å². The first-order valence-corrected chi connectivity index (χ1v) is 18.8. The van der Waals surface area contributed by atoms with Crippen LogP contribution in [0, 0.1) is 0 Å². The standard InChI is InChI=1S/C51H36N2O/c1-2-14-35(15-3-1)49-41-20-8-12-24-46(41)52-50(53-49)40-19-5-4-16-37(40)34-28-26-33(27-29-34)36-30-31-48-45(32-36)51(44-23-11-13-25-47(44)54-48)42-21-9-6-17-38(42)39-18-7-10-22-43(39)51/h1-24,26-32,47,49H,25H2,(H,52,53). The average molecular weight is 693 g/mol. The Balaban J connectivity index is 1.00. The minimum atomic E-state index is -0.422. The molecule has 0 amide bonds. The summed E-state index contributed by atoms with van der Waals surface area (Å²) in [5.74, 6) is 1.84. The maximum Gasteiger partial charge on any atom is 0.135 e. The molecule has 0 fully saturated rings. The molecule has 11 rings (SSSR count). The first kappa shape index (κ1) is 30.9. The molecule has 256 valence electrons. The number of hydrogen-bond donors (Lipinski definition) is 1. The van der Waals surface area contributed by atoms with Gasteiger partial charge in [0.1, 0.15) is 17.7 Å². The summed E-state index contributed by atoms with van der Waals surface area (Å²) in [6.45, 7) is 0. The molecule has 3 heteroatoms. The summed E-state index contributed by atoms with van der Waals surface area (Å²) in [7, 11) is 0. The summed E-state index contributed by atoms with van der Waals surface area (Å²) in [6.07, 6.45) is 7.60. The van der Waals surface area contributed by atoms with E-state index in [9.17, 15) is 0 Å². The van der Waals surface area contributed by atoms with Gasteiger partial charge in [-0.3, -0.25) is 0 Å². The molecule has 0 saturated carbocycles. The molecule has 54 heavy (non-hydrogen) atoms. The molecule has 1 N–H and O–H groups in total. The molecule has 2 unspecified atom stereocenters. The number of nitrogens with zero attached hydrogens (tertiary/aromatic N) is 1. The number of para-hydroxylation sites is 1. The predicted molar refractivity (Wildman–Crippen MR) is 219 cm³/mol. The number of allylic oxidation sites excluding steroid dienone is 2. The van der Waals surface area contributed by atoms with Gasteiger partial charge in [-0.05, 0) is 73.8 Å². The highest BCUT2D eigenvalue weighted by Gasteiger charge is 2.53. The molecule has 2 aliphatic heterocycles. The van der Waals surface area contributed by atoms with Crippen LogP contribution < -0.4 is 10.1 Å². The normalized spacial score (nSPS) is 18.1. The van der Waals surface area contributed by atoms with Crippen molar-refractivity contribution in [2.75, 3.05) is 0 Å². The van der Waals surface area contributed by atoms with E-state index in [0.29, 0.717) is 0 Å². The van der Waals surface area contributed by atoms with Gasteiger partial charge in [-0.25, -0.2) is 4.99 Å². The van der Waals surface area contributed by atoms with Crippen molar-refractivity contribution in [1.82, 2.24) is 5.32 Å². The van der Waals surface area contributed by atoms with E-state index in [4.69, 9.17) is 9.73 Å². The van der Waals surface area contributed by atoms with Crippen LogP contribution >= 0.6 is 0 Å². The Morgan fingerprint density at radius 2 is 1.19 bits per heavy atom.